The van der Waals surface area contributed by atoms with E-state index in [2.05, 4.69) is 20.4 Å². The van der Waals surface area contributed by atoms with Crippen LogP contribution in [0.15, 0.2) is 79.1 Å². The SMILES string of the molecule is COc1ccc(CN(C)c2cc(Nc3cccc(-c4ccc(C5OCCO5)cn4)c3)nn3c(C(=O)[O-])cnc23)cc1. The zero-order valence-corrected chi connectivity index (χ0v) is 22.5. The summed E-state index contributed by atoms with van der Waals surface area (Å²) in [5.41, 5.74) is 5.29. The van der Waals surface area contributed by atoms with Crippen molar-refractivity contribution in [1.82, 2.24) is 19.6 Å². The Hall–Kier alpha value is -5.00. The normalized spacial score (nSPS) is 13.4. The van der Waals surface area contributed by atoms with Gasteiger partial charge in [0.2, 0.25) is 0 Å². The predicted octanol–water partition coefficient (Wildman–Crippen LogP) is 3.59. The number of benzene rings is 2. The number of nitrogens with one attached hydrogen (secondary N) is 1. The maximum absolute atomic E-state index is 11.8. The number of pyridine rings is 1. The van der Waals surface area contributed by atoms with Crippen molar-refractivity contribution in [3.05, 3.63) is 95.9 Å². The second-order valence-electron chi connectivity index (χ2n) is 9.54. The highest BCUT2D eigenvalue weighted by atomic mass is 16.7. The van der Waals surface area contributed by atoms with Crippen molar-refractivity contribution < 1.29 is 24.1 Å². The van der Waals surface area contributed by atoms with Crippen LogP contribution in [-0.2, 0) is 16.0 Å². The molecule has 41 heavy (non-hydrogen) atoms. The molecule has 11 heteroatoms. The molecule has 2 aromatic carbocycles. The van der Waals surface area contributed by atoms with E-state index in [0.29, 0.717) is 36.9 Å². The maximum Gasteiger partial charge on any atom is 0.185 e. The molecule has 1 aliphatic rings. The Balaban J connectivity index is 1.29. The lowest BCUT2D eigenvalue weighted by molar-refractivity contribution is -0.255. The molecular weight excluding hydrogens is 524 g/mol. The molecule has 0 atom stereocenters. The molecule has 0 amide bonds. The number of hydrogen-bond acceptors (Lipinski definition) is 10. The van der Waals surface area contributed by atoms with Crippen molar-refractivity contribution in [2.75, 3.05) is 37.6 Å². The number of rotatable bonds is 9. The Bertz CT molecular complexity index is 1680. The van der Waals surface area contributed by atoms with Gasteiger partial charge in [-0.15, -0.1) is 5.10 Å². The van der Waals surface area contributed by atoms with Gasteiger partial charge in [-0.05, 0) is 35.9 Å². The number of carbonyl (C=O) groups is 1. The Morgan fingerprint density at radius 3 is 2.59 bits per heavy atom. The Morgan fingerprint density at radius 2 is 1.88 bits per heavy atom. The fraction of sp³-hybridized carbons (Fsp3) is 0.200. The number of methoxy groups -OCH3 is 1. The van der Waals surface area contributed by atoms with Gasteiger partial charge in [-0.25, -0.2) is 9.50 Å². The molecular formula is C30H27N6O5-. The quantitative estimate of drug-likeness (QED) is 0.290. The number of aromatic nitrogens is 4. The highest BCUT2D eigenvalue weighted by Crippen LogP contribution is 2.29. The Morgan fingerprint density at radius 1 is 1.07 bits per heavy atom. The van der Waals surface area contributed by atoms with Crippen LogP contribution in [-0.4, -0.2) is 52.9 Å². The van der Waals surface area contributed by atoms with Crippen LogP contribution in [0.5, 0.6) is 5.75 Å². The summed E-state index contributed by atoms with van der Waals surface area (Å²) in [6, 6.07) is 21.2. The van der Waals surface area contributed by atoms with Crippen LogP contribution in [0, 0.1) is 0 Å². The maximum atomic E-state index is 11.8. The fourth-order valence-electron chi connectivity index (χ4n) is 4.69. The highest BCUT2D eigenvalue weighted by Gasteiger charge is 2.19. The smallest absolute Gasteiger partial charge is 0.185 e. The number of ether oxygens (including phenoxy) is 3. The highest BCUT2D eigenvalue weighted by molar-refractivity contribution is 5.86. The summed E-state index contributed by atoms with van der Waals surface area (Å²) in [4.78, 5) is 22.7. The van der Waals surface area contributed by atoms with Crippen LogP contribution < -0.4 is 20.1 Å². The number of nitrogens with zero attached hydrogens (tertiary/aromatic N) is 5. The minimum Gasteiger partial charge on any atom is -0.543 e. The van der Waals surface area contributed by atoms with Gasteiger partial charge in [-0.1, -0.05) is 30.3 Å². The lowest BCUT2D eigenvalue weighted by Crippen LogP contribution is -2.25. The molecule has 6 rings (SSSR count). The van der Waals surface area contributed by atoms with Gasteiger partial charge in [0.05, 0.1) is 43.9 Å². The number of carboxylic acids is 1. The number of carboxylic acid groups (broad SMARTS) is 1. The van der Waals surface area contributed by atoms with E-state index < -0.39 is 5.97 Å². The van der Waals surface area contributed by atoms with E-state index >= 15 is 0 Å². The van der Waals surface area contributed by atoms with Crippen LogP contribution in [0.1, 0.15) is 27.9 Å². The van der Waals surface area contributed by atoms with Crippen LogP contribution >= 0.6 is 0 Å². The summed E-state index contributed by atoms with van der Waals surface area (Å²) in [5, 5.41) is 19.6. The first-order chi connectivity index (χ1) is 20.0. The third-order valence-corrected chi connectivity index (χ3v) is 6.76. The topological polar surface area (TPSA) is 126 Å². The summed E-state index contributed by atoms with van der Waals surface area (Å²) in [6.07, 6.45) is 2.63. The minimum absolute atomic E-state index is 0.143. The summed E-state index contributed by atoms with van der Waals surface area (Å²) in [6.45, 7) is 1.69. The van der Waals surface area contributed by atoms with Crippen LogP contribution in [0.2, 0.25) is 0 Å². The molecule has 0 unspecified atom stereocenters. The molecule has 208 valence electrons. The number of imidazole rings is 1. The predicted molar refractivity (Wildman–Crippen MR) is 150 cm³/mol. The number of aromatic carboxylic acids is 1. The molecule has 5 aromatic rings. The van der Waals surface area contributed by atoms with Gasteiger partial charge in [0, 0.05) is 42.7 Å². The molecule has 0 spiro atoms. The molecule has 0 bridgehead atoms. The van der Waals surface area contributed by atoms with Crippen molar-refractivity contribution in [2.45, 2.75) is 12.8 Å². The third kappa shape index (κ3) is 5.53. The van der Waals surface area contributed by atoms with E-state index in [-0.39, 0.29) is 12.0 Å². The van der Waals surface area contributed by atoms with E-state index in [9.17, 15) is 9.90 Å². The van der Waals surface area contributed by atoms with Crippen LogP contribution in [0.4, 0.5) is 17.2 Å². The van der Waals surface area contributed by atoms with Gasteiger partial charge in [-0.2, -0.15) is 0 Å². The molecule has 0 aliphatic carbocycles. The van der Waals surface area contributed by atoms with Crippen molar-refractivity contribution >= 4 is 28.8 Å². The van der Waals surface area contributed by atoms with Crippen molar-refractivity contribution in [3.8, 4) is 17.0 Å². The van der Waals surface area contributed by atoms with Crippen LogP contribution in [0.3, 0.4) is 0 Å². The zero-order chi connectivity index (χ0) is 28.3. The second kappa shape index (κ2) is 11.2. The molecule has 1 fully saturated rings. The first kappa shape index (κ1) is 26.2. The van der Waals surface area contributed by atoms with Gasteiger partial charge in [0.25, 0.3) is 0 Å². The fourth-order valence-corrected chi connectivity index (χ4v) is 4.69. The van der Waals surface area contributed by atoms with Gasteiger partial charge in [0.15, 0.2) is 17.8 Å². The largest absolute Gasteiger partial charge is 0.543 e. The Kier molecular flexibility index (Phi) is 7.19. The minimum atomic E-state index is -1.36. The Labute approximate surface area is 236 Å². The lowest BCUT2D eigenvalue weighted by atomic mass is 10.1. The van der Waals surface area contributed by atoms with Crippen molar-refractivity contribution in [2.24, 2.45) is 0 Å². The molecule has 4 heterocycles. The first-order valence-electron chi connectivity index (χ1n) is 13.0. The summed E-state index contributed by atoms with van der Waals surface area (Å²) in [5.74, 6) is -0.160. The van der Waals surface area contributed by atoms with Crippen LogP contribution in [0.25, 0.3) is 16.9 Å². The van der Waals surface area contributed by atoms with E-state index in [0.717, 1.165) is 33.8 Å². The molecule has 0 saturated carbocycles. The molecule has 1 saturated heterocycles. The van der Waals surface area contributed by atoms with Gasteiger partial charge >= 0.3 is 0 Å². The molecule has 11 nitrogen and oxygen atoms in total. The number of carbonyl (C=O) groups excluding carboxylic acids is 1. The summed E-state index contributed by atoms with van der Waals surface area (Å²) in [7, 11) is 3.54. The zero-order valence-electron chi connectivity index (χ0n) is 22.5. The standard InChI is InChI=1S/C30H28N6O5/c1-35(18-19-6-9-23(39-2)10-7-19)25-15-27(34-36-26(29(37)38)17-32-28(25)36)33-22-5-3-4-20(14-22)24-11-8-21(16-31-24)30-40-12-13-41-30/h3-11,14-17,30H,12-13,18H2,1-2H3,(H,33,34)(H,37,38)/p-1. The molecule has 3 aromatic heterocycles. The van der Waals surface area contributed by atoms with Gasteiger partial charge in [0.1, 0.15) is 11.4 Å². The van der Waals surface area contributed by atoms with Gasteiger partial charge in [-0.3, -0.25) is 4.98 Å². The number of anilines is 3. The second-order valence-corrected chi connectivity index (χ2v) is 9.54. The van der Waals surface area contributed by atoms with Gasteiger partial charge < -0.3 is 34.3 Å². The molecule has 1 aliphatic heterocycles. The lowest BCUT2D eigenvalue weighted by Gasteiger charge is -2.21. The monoisotopic (exact) mass is 551 g/mol. The van der Waals surface area contributed by atoms with E-state index in [4.69, 9.17) is 14.2 Å². The van der Waals surface area contributed by atoms with Crippen molar-refractivity contribution in [3.63, 3.8) is 0 Å². The average molecular weight is 552 g/mol. The first-order valence-corrected chi connectivity index (χ1v) is 13.0. The number of fused-ring (bicyclic) bond motifs is 1. The average Bonchev–Trinajstić information content (AvgIpc) is 3.68. The van der Waals surface area contributed by atoms with E-state index in [1.54, 1.807) is 13.3 Å². The summed E-state index contributed by atoms with van der Waals surface area (Å²) >= 11 is 0. The van der Waals surface area contributed by atoms with E-state index in [1.165, 1.54) is 10.7 Å². The summed E-state index contributed by atoms with van der Waals surface area (Å²) < 4.78 is 17.6. The van der Waals surface area contributed by atoms with E-state index in [1.807, 2.05) is 78.7 Å². The molecule has 0 radical (unpaired) electrons. The number of hydrogen-bond donors (Lipinski definition) is 1. The van der Waals surface area contributed by atoms with Crippen molar-refractivity contribution in [1.29, 1.82) is 0 Å². The third-order valence-electron chi connectivity index (χ3n) is 6.76. The molecule has 1 N–H and O–H groups in total.